The van der Waals surface area contributed by atoms with Crippen LogP contribution in [0.5, 0.6) is 0 Å². The van der Waals surface area contributed by atoms with Crippen LogP contribution in [0.1, 0.15) is 23.5 Å². The Labute approximate surface area is 163 Å². The van der Waals surface area contributed by atoms with E-state index in [-0.39, 0.29) is 6.47 Å². The molecule has 144 valence electrons. The van der Waals surface area contributed by atoms with Gasteiger partial charge in [0.2, 0.25) is 0 Å². The molecule has 0 unspecified atom stereocenters. The molecule has 7 nitrogen and oxygen atoms in total. The molecule has 0 radical (unpaired) electrons. The summed E-state index contributed by atoms with van der Waals surface area (Å²) in [7, 11) is 0. The van der Waals surface area contributed by atoms with E-state index in [2.05, 4.69) is 49.6 Å². The lowest BCUT2D eigenvalue weighted by Crippen LogP contribution is -2.03. The third-order valence-electron chi connectivity index (χ3n) is 4.33. The Morgan fingerprint density at radius 2 is 2.00 bits per heavy atom. The predicted octanol–water partition coefficient (Wildman–Crippen LogP) is 3.77. The summed E-state index contributed by atoms with van der Waals surface area (Å²) in [6, 6.07) is 12.3. The molecule has 0 spiro atoms. The number of carbonyl (C=O) groups is 1. The molecular formula is C21H23N5O2. The van der Waals surface area contributed by atoms with E-state index in [1.165, 1.54) is 5.56 Å². The second-order valence-electron chi connectivity index (χ2n) is 6.52. The molecule has 0 aliphatic carbocycles. The highest BCUT2D eigenvalue weighted by Crippen LogP contribution is 2.17. The average Bonchev–Trinajstić information content (AvgIpc) is 3.28. The molecule has 0 amide bonds. The number of imidazole rings is 2. The fourth-order valence-electron chi connectivity index (χ4n) is 3.10. The van der Waals surface area contributed by atoms with Gasteiger partial charge in [-0.3, -0.25) is 4.79 Å². The van der Waals surface area contributed by atoms with E-state index in [0.717, 1.165) is 53.5 Å². The van der Waals surface area contributed by atoms with Gasteiger partial charge in [-0.1, -0.05) is 12.1 Å². The van der Waals surface area contributed by atoms with Gasteiger partial charge in [-0.2, -0.15) is 0 Å². The van der Waals surface area contributed by atoms with Crippen molar-refractivity contribution in [3.05, 3.63) is 65.9 Å². The lowest BCUT2D eigenvalue weighted by Gasteiger charge is -2.07. The molecule has 4 rings (SSSR count). The smallest absolute Gasteiger partial charge is 0.290 e. The van der Waals surface area contributed by atoms with Crippen molar-refractivity contribution in [2.75, 3.05) is 0 Å². The summed E-state index contributed by atoms with van der Waals surface area (Å²) < 4.78 is 2.16. The lowest BCUT2D eigenvalue weighted by atomic mass is 10.2. The monoisotopic (exact) mass is 377 g/mol. The van der Waals surface area contributed by atoms with Crippen molar-refractivity contribution in [3.8, 4) is 11.5 Å². The van der Waals surface area contributed by atoms with Gasteiger partial charge in [-0.25, -0.2) is 15.0 Å². The summed E-state index contributed by atoms with van der Waals surface area (Å²) in [4.78, 5) is 25.5. The van der Waals surface area contributed by atoms with E-state index in [1.807, 2.05) is 37.5 Å². The predicted molar refractivity (Wildman–Crippen MR) is 108 cm³/mol. The van der Waals surface area contributed by atoms with Gasteiger partial charge in [0.25, 0.3) is 6.47 Å². The van der Waals surface area contributed by atoms with E-state index in [1.54, 1.807) is 0 Å². The standard InChI is InChI=1S/C20H21N5.CH2O2/c1-14-8-9-16-18(13-14)24-19(23-16)7-4-11-25-12-10-21-20(25)17-6-3-5-15(2)22-17;2-1-3/h3,5-6,8-10,12-13H,4,7,11H2,1-2H3,(H,23,24);1H,(H,2,3). The summed E-state index contributed by atoms with van der Waals surface area (Å²) in [5, 5.41) is 6.89. The maximum atomic E-state index is 8.36. The van der Waals surface area contributed by atoms with Gasteiger partial charge in [-0.15, -0.1) is 0 Å². The second-order valence-corrected chi connectivity index (χ2v) is 6.52. The van der Waals surface area contributed by atoms with Crippen LogP contribution >= 0.6 is 0 Å². The number of hydrogen-bond donors (Lipinski definition) is 2. The van der Waals surface area contributed by atoms with Crippen LogP contribution in [0.25, 0.3) is 22.6 Å². The summed E-state index contributed by atoms with van der Waals surface area (Å²) in [6.45, 7) is 4.74. The highest BCUT2D eigenvalue weighted by atomic mass is 16.3. The van der Waals surface area contributed by atoms with Crippen molar-refractivity contribution < 1.29 is 9.90 Å². The van der Waals surface area contributed by atoms with Crippen molar-refractivity contribution in [1.82, 2.24) is 24.5 Å². The fourth-order valence-corrected chi connectivity index (χ4v) is 3.10. The first-order valence-electron chi connectivity index (χ1n) is 9.09. The second kappa shape index (κ2) is 8.94. The maximum Gasteiger partial charge on any atom is 0.290 e. The van der Waals surface area contributed by atoms with Gasteiger partial charge in [0.1, 0.15) is 11.5 Å². The first-order valence-corrected chi connectivity index (χ1v) is 9.09. The van der Waals surface area contributed by atoms with Crippen molar-refractivity contribution in [2.24, 2.45) is 0 Å². The van der Waals surface area contributed by atoms with Gasteiger partial charge < -0.3 is 14.7 Å². The van der Waals surface area contributed by atoms with Crippen LogP contribution in [0, 0.1) is 13.8 Å². The van der Waals surface area contributed by atoms with Crippen molar-refractivity contribution in [2.45, 2.75) is 33.2 Å². The number of fused-ring (bicyclic) bond motifs is 1. The minimum atomic E-state index is -0.250. The van der Waals surface area contributed by atoms with E-state index < -0.39 is 0 Å². The quantitative estimate of drug-likeness (QED) is 0.516. The molecule has 0 bridgehead atoms. The molecule has 2 N–H and O–H groups in total. The van der Waals surface area contributed by atoms with Gasteiger partial charge in [0.15, 0.2) is 5.82 Å². The average molecular weight is 377 g/mol. The van der Waals surface area contributed by atoms with Crippen LogP contribution < -0.4 is 0 Å². The minimum absolute atomic E-state index is 0.250. The van der Waals surface area contributed by atoms with Crippen molar-refractivity contribution >= 4 is 17.5 Å². The van der Waals surface area contributed by atoms with E-state index in [0.29, 0.717) is 0 Å². The lowest BCUT2D eigenvalue weighted by molar-refractivity contribution is -0.122. The number of hydrogen-bond acceptors (Lipinski definition) is 4. The molecule has 28 heavy (non-hydrogen) atoms. The number of nitrogens with one attached hydrogen (secondary N) is 1. The number of carboxylic acid groups (broad SMARTS) is 1. The molecule has 0 saturated carbocycles. The third-order valence-corrected chi connectivity index (χ3v) is 4.33. The third kappa shape index (κ3) is 4.62. The number of aromatic amines is 1. The van der Waals surface area contributed by atoms with E-state index >= 15 is 0 Å². The Morgan fingerprint density at radius 3 is 2.79 bits per heavy atom. The summed E-state index contributed by atoms with van der Waals surface area (Å²) >= 11 is 0. The topological polar surface area (TPSA) is 96.7 Å². The highest BCUT2D eigenvalue weighted by Gasteiger charge is 2.08. The first kappa shape index (κ1) is 19.3. The van der Waals surface area contributed by atoms with Gasteiger partial charge in [0, 0.05) is 31.1 Å². The summed E-state index contributed by atoms with van der Waals surface area (Å²) in [6.07, 6.45) is 5.76. The number of benzene rings is 1. The van der Waals surface area contributed by atoms with Gasteiger partial charge >= 0.3 is 0 Å². The number of pyridine rings is 1. The van der Waals surface area contributed by atoms with Crippen molar-refractivity contribution in [3.63, 3.8) is 0 Å². The molecule has 1 aromatic carbocycles. The van der Waals surface area contributed by atoms with Crippen LogP contribution in [0.4, 0.5) is 0 Å². The van der Waals surface area contributed by atoms with Crippen LogP contribution in [-0.4, -0.2) is 36.1 Å². The SMILES string of the molecule is Cc1ccc2nc(CCCn3ccnc3-c3cccc(C)n3)[nH]c2c1.O=CO. The molecule has 0 fully saturated rings. The largest absolute Gasteiger partial charge is 0.483 e. The summed E-state index contributed by atoms with van der Waals surface area (Å²) in [5.41, 5.74) is 5.32. The van der Waals surface area contributed by atoms with Crippen LogP contribution in [0.3, 0.4) is 0 Å². The van der Waals surface area contributed by atoms with E-state index in [9.17, 15) is 0 Å². The van der Waals surface area contributed by atoms with Crippen LogP contribution in [0.2, 0.25) is 0 Å². The number of aromatic nitrogens is 5. The zero-order valence-corrected chi connectivity index (χ0v) is 16.0. The molecule has 3 aromatic heterocycles. The highest BCUT2D eigenvalue weighted by molar-refractivity contribution is 5.75. The van der Waals surface area contributed by atoms with Gasteiger partial charge in [-0.05, 0) is 50.1 Å². The zero-order chi connectivity index (χ0) is 19.9. The van der Waals surface area contributed by atoms with Gasteiger partial charge in [0.05, 0.1) is 11.0 Å². The molecule has 0 aliphatic rings. The molecule has 0 atom stereocenters. The maximum absolute atomic E-state index is 8.36. The Bertz CT molecular complexity index is 1070. The normalized spacial score (nSPS) is 10.5. The molecule has 3 heterocycles. The van der Waals surface area contributed by atoms with Crippen LogP contribution in [-0.2, 0) is 17.8 Å². The Kier molecular flexibility index (Phi) is 6.16. The molecule has 0 aliphatic heterocycles. The molecular weight excluding hydrogens is 354 g/mol. The Morgan fingerprint density at radius 1 is 1.18 bits per heavy atom. The van der Waals surface area contributed by atoms with Crippen LogP contribution in [0.15, 0.2) is 48.8 Å². The number of H-pyrrole nitrogens is 1. The van der Waals surface area contributed by atoms with E-state index in [4.69, 9.17) is 9.90 Å². The molecule has 7 heteroatoms. The number of nitrogens with zero attached hydrogens (tertiary/aromatic N) is 4. The first-order chi connectivity index (χ1) is 13.6. The Balaban J connectivity index is 0.000000706. The molecule has 0 saturated heterocycles. The fraction of sp³-hybridized carbons (Fsp3) is 0.238. The summed E-state index contributed by atoms with van der Waals surface area (Å²) in [5.74, 6) is 1.96. The number of rotatable bonds is 5. The number of aryl methyl sites for hydroxylation is 4. The zero-order valence-electron chi connectivity index (χ0n) is 16.0. The molecule has 4 aromatic rings. The van der Waals surface area contributed by atoms with Crippen molar-refractivity contribution in [1.29, 1.82) is 0 Å². The minimum Gasteiger partial charge on any atom is -0.483 e. The Hall–Kier alpha value is -3.48.